The fourth-order valence-corrected chi connectivity index (χ4v) is 2.43. The summed E-state index contributed by atoms with van der Waals surface area (Å²) in [5, 5.41) is 0.762. The van der Waals surface area contributed by atoms with Gasteiger partial charge in [0, 0.05) is 10.9 Å². The lowest BCUT2D eigenvalue weighted by Gasteiger charge is -2.18. The van der Waals surface area contributed by atoms with E-state index in [1.807, 2.05) is 0 Å². The minimum absolute atomic E-state index is 0.204. The Balaban J connectivity index is 2.87. The van der Waals surface area contributed by atoms with Crippen molar-refractivity contribution in [3.63, 3.8) is 0 Å². The maximum atomic E-state index is 13.4. The van der Waals surface area contributed by atoms with Crippen molar-refractivity contribution in [3.8, 4) is 0 Å². The van der Waals surface area contributed by atoms with E-state index in [1.54, 1.807) is 0 Å². The van der Waals surface area contributed by atoms with E-state index in [9.17, 15) is 8.78 Å². The number of benzene rings is 1. The van der Waals surface area contributed by atoms with Gasteiger partial charge in [-0.05, 0) is 30.4 Å². The van der Waals surface area contributed by atoms with Crippen molar-refractivity contribution < 1.29 is 8.78 Å². The van der Waals surface area contributed by atoms with Crippen LogP contribution in [0, 0.1) is 23.5 Å². The maximum Gasteiger partial charge on any atom is 0.129 e. The van der Waals surface area contributed by atoms with E-state index in [0.29, 0.717) is 12.3 Å². The van der Waals surface area contributed by atoms with Crippen molar-refractivity contribution in [2.45, 2.75) is 20.3 Å². The second kappa shape index (κ2) is 5.59. The van der Waals surface area contributed by atoms with Crippen LogP contribution in [-0.4, -0.2) is 5.33 Å². The molecule has 0 aromatic heterocycles. The monoisotopic (exact) mass is 276 g/mol. The molecule has 0 fully saturated rings. The molecule has 1 unspecified atom stereocenters. The summed E-state index contributed by atoms with van der Waals surface area (Å²) in [7, 11) is 0. The van der Waals surface area contributed by atoms with Crippen molar-refractivity contribution >= 4 is 15.9 Å². The number of hydrogen-bond acceptors (Lipinski definition) is 0. The molecule has 0 saturated heterocycles. The van der Waals surface area contributed by atoms with Crippen LogP contribution in [0.1, 0.15) is 19.4 Å². The van der Waals surface area contributed by atoms with Gasteiger partial charge in [-0.3, -0.25) is 0 Å². The van der Waals surface area contributed by atoms with Crippen LogP contribution in [0.15, 0.2) is 18.2 Å². The molecule has 84 valence electrons. The molecule has 0 saturated carbocycles. The van der Waals surface area contributed by atoms with Gasteiger partial charge in [-0.1, -0.05) is 35.8 Å². The van der Waals surface area contributed by atoms with E-state index in [1.165, 1.54) is 18.2 Å². The number of hydrogen-bond donors (Lipinski definition) is 0. The van der Waals surface area contributed by atoms with E-state index in [2.05, 4.69) is 29.8 Å². The minimum Gasteiger partial charge on any atom is -0.207 e. The normalized spacial score (nSPS) is 13.2. The molecule has 1 atom stereocenters. The number of alkyl halides is 1. The Labute approximate surface area is 97.8 Å². The molecule has 1 aromatic rings. The van der Waals surface area contributed by atoms with Crippen LogP contribution in [0.3, 0.4) is 0 Å². The Morgan fingerprint density at radius 1 is 1.20 bits per heavy atom. The van der Waals surface area contributed by atoms with E-state index < -0.39 is 11.6 Å². The average Bonchev–Trinajstić information content (AvgIpc) is 2.17. The molecule has 0 bridgehead atoms. The summed E-state index contributed by atoms with van der Waals surface area (Å²) in [5.41, 5.74) is 0.204. The quantitative estimate of drug-likeness (QED) is 0.724. The predicted octanol–water partition coefficient (Wildman–Crippen LogP) is 4.17. The molecule has 15 heavy (non-hydrogen) atoms. The Morgan fingerprint density at radius 2 is 1.73 bits per heavy atom. The zero-order chi connectivity index (χ0) is 11.4. The number of halogens is 3. The van der Waals surface area contributed by atoms with Crippen LogP contribution in [0.25, 0.3) is 0 Å². The lowest BCUT2D eigenvalue weighted by Crippen LogP contribution is -2.15. The Morgan fingerprint density at radius 3 is 2.13 bits per heavy atom. The highest BCUT2D eigenvalue weighted by atomic mass is 79.9. The fourth-order valence-electron chi connectivity index (χ4n) is 1.46. The largest absolute Gasteiger partial charge is 0.207 e. The van der Waals surface area contributed by atoms with Gasteiger partial charge < -0.3 is 0 Å². The van der Waals surface area contributed by atoms with E-state index in [4.69, 9.17) is 0 Å². The summed E-state index contributed by atoms with van der Waals surface area (Å²) in [6, 6.07) is 4.01. The number of rotatable bonds is 4. The van der Waals surface area contributed by atoms with Crippen LogP contribution in [-0.2, 0) is 6.42 Å². The van der Waals surface area contributed by atoms with Gasteiger partial charge in [0.25, 0.3) is 0 Å². The summed E-state index contributed by atoms with van der Waals surface area (Å²) in [6.07, 6.45) is 0.446. The van der Waals surface area contributed by atoms with Crippen molar-refractivity contribution in [2.75, 3.05) is 5.33 Å². The van der Waals surface area contributed by atoms with Crippen molar-refractivity contribution in [2.24, 2.45) is 11.8 Å². The highest BCUT2D eigenvalue weighted by Gasteiger charge is 2.17. The second-order valence-corrected chi connectivity index (χ2v) is 4.71. The molecule has 0 spiro atoms. The van der Waals surface area contributed by atoms with Crippen molar-refractivity contribution in [3.05, 3.63) is 35.4 Å². The van der Waals surface area contributed by atoms with Crippen LogP contribution in [0.4, 0.5) is 8.78 Å². The molecular formula is C12H15BrF2. The third kappa shape index (κ3) is 3.26. The Kier molecular flexibility index (Phi) is 4.71. The van der Waals surface area contributed by atoms with Gasteiger partial charge in [0.15, 0.2) is 0 Å². The first-order valence-corrected chi connectivity index (χ1v) is 6.17. The van der Waals surface area contributed by atoms with Gasteiger partial charge in [0.1, 0.15) is 11.6 Å². The van der Waals surface area contributed by atoms with E-state index in [0.717, 1.165) is 5.33 Å². The van der Waals surface area contributed by atoms with Crippen molar-refractivity contribution in [1.82, 2.24) is 0 Å². The van der Waals surface area contributed by atoms with Crippen LogP contribution >= 0.6 is 15.9 Å². The third-order valence-corrected chi connectivity index (χ3v) is 3.50. The van der Waals surface area contributed by atoms with Gasteiger partial charge in [0.05, 0.1) is 0 Å². The maximum absolute atomic E-state index is 13.4. The van der Waals surface area contributed by atoms with Gasteiger partial charge in [-0.25, -0.2) is 8.78 Å². The topological polar surface area (TPSA) is 0 Å². The van der Waals surface area contributed by atoms with E-state index in [-0.39, 0.29) is 11.5 Å². The fraction of sp³-hybridized carbons (Fsp3) is 0.500. The minimum atomic E-state index is -0.443. The Hall–Kier alpha value is -0.440. The standard InChI is InChI=1S/C12H15BrF2/c1-8(2)9(7-13)6-10-11(14)4-3-5-12(10)15/h3-5,8-9H,6-7H2,1-2H3. The molecule has 0 nitrogen and oxygen atoms in total. The summed E-state index contributed by atoms with van der Waals surface area (Å²) in [4.78, 5) is 0. The molecule has 0 heterocycles. The van der Waals surface area contributed by atoms with Gasteiger partial charge >= 0.3 is 0 Å². The molecule has 1 rings (SSSR count). The van der Waals surface area contributed by atoms with Gasteiger partial charge in [-0.15, -0.1) is 0 Å². The zero-order valence-corrected chi connectivity index (χ0v) is 10.5. The molecular weight excluding hydrogens is 262 g/mol. The molecule has 0 aliphatic heterocycles. The van der Waals surface area contributed by atoms with Gasteiger partial charge in [0.2, 0.25) is 0 Å². The molecule has 0 aliphatic rings. The van der Waals surface area contributed by atoms with Gasteiger partial charge in [-0.2, -0.15) is 0 Å². The van der Waals surface area contributed by atoms with Crippen LogP contribution in [0.2, 0.25) is 0 Å². The molecule has 1 aromatic carbocycles. The first-order valence-electron chi connectivity index (χ1n) is 5.05. The smallest absolute Gasteiger partial charge is 0.129 e. The SMILES string of the molecule is CC(C)C(CBr)Cc1c(F)cccc1F. The van der Waals surface area contributed by atoms with E-state index >= 15 is 0 Å². The van der Waals surface area contributed by atoms with Crippen molar-refractivity contribution in [1.29, 1.82) is 0 Å². The first-order chi connectivity index (χ1) is 7.06. The average molecular weight is 277 g/mol. The lowest BCUT2D eigenvalue weighted by molar-refractivity contribution is 0.410. The molecule has 0 aliphatic carbocycles. The highest BCUT2D eigenvalue weighted by Crippen LogP contribution is 2.22. The summed E-state index contributed by atoms with van der Waals surface area (Å²) < 4.78 is 26.7. The summed E-state index contributed by atoms with van der Waals surface area (Å²) in [6.45, 7) is 4.12. The zero-order valence-electron chi connectivity index (χ0n) is 8.93. The van der Waals surface area contributed by atoms with Crippen LogP contribution in [0.5, 0.6) is 0 Å². The third-order valence-electron chi connectivity index (χ3n) is 2.67. The predicted molar refractivity (Wildman–Crippen MR) is 62.2 cm³/mol. The molecule has 0 amide bonds. The molecule has 0 N–H and O–H groups in total. The second-order valence-electron chi connectivity index (χ2n) is 4.06. The molecule has 0 radical (unpaired) electrons. The summed E-state index contributed by atoms with van der Waals surface area (Å²) in [5.74, 6) is -0.219. The molecule has 3 heteroatoms. The Bertz CT molecular complexity index is 303. The van der Waals surface area contributed by atoms with Crippen LogP contribution < -0.4 is 0 Å². The summed E-state index contributed by atoms with van der Waals surface area (Å²) >= 11 is 3.38. The highest BCUT2D eigenvalue weighted by molar-refractivity contribution is 9.09. The first kappa shape index (κ1) is 12.6. The lowest BCUT2D eigenvalue weighted by atomic mass is 9.90.